The van der Waals surface area contributed by atoms with Crippen LogP contribution in [0.2, 0.25) is 0 Å². The third-order valence-electron chi connectivity index (χ3n) is 3.02. The minimum atomic E-state index is -1.14. The number of ether oxygens (including phenoxy) is 1. The number of methoxy groups -OCH3 is 1. The van der Waals surface area contributed by atoms with E-state index in [2.05, 4.69) is 0 Å². The predicted molar refractivity (Wildman–Crippen MR) is 92.1 cm³/mol. The van der Waals surface area contributed by atoms with Crippen molar-refractivity contribution in [2.75, 3.05) is 13.4 Å². The molecular weight excluding hydrogens is 300 g/mol. The molecule has 2 rings (SSSR count). The number of benzene rings is 2. The lowest BCUT2D eigenvalue weighted by atomic mass is 10.2. The first-order valence-corrected chi connectivity index (χ1v) is 8.89. The molecule has 21 heavy (non-hydrogen) atoms. The van der Waals surface area contributed by atoms with Gasteiger partial charge in [0.25, 0.3) is 0 Å². The summed E-state index contributed by atoms with van der Waals surface area (Å²) in [5, 5.41) is 0. The first kappa shape index (κ1) is 15.9. The molecular formula is C17H18O2S2. The number of thioether (sulfide) groups is 1. The summed E-state index contributed by atoms with van der Waals surface area (Å²) < 4.78 is 18.6. The van der Waals surface area contributed by atoms with Gasteiger partial charge in [-0.1, -0.05) is 29.8 Å². The van der Waals surface area contributed by atoms with Crippen molar-refractivity contribution in [1.82, 2.24) is 0 Å². The molecule has 0 fully saturated rings. The van der Waals surface area contributed by atoms with Gasteiger partial charge < -0.3 is 4.74 Å². The van der Waals surface area contributed by atoms with Crippen LogP contribution in [0.3, 0.4) is 0 Å². The zero-order valence-corrected chi connectivity index (χ0v) is 14.0. The fourth-order valence-corrected chi connectivity index (χ4v) is 3.81. The van der Waals surface area contributed by atoms with Crippen LogP contribution in [0, 0.1) is 6.92 Å². The SMILES string of the molecule is COc1ccc(/C=C(\SC)S(=O)c2ccc(C)cc2)cc1. The van der Waals surface area contributed by atoms with Crippen molar-refractivity contribution >= 4 is 28.6 Å². The van der Waals surface area contributed by atoms with Crippen LogP contribution in [0.15, 0.2) is 57.7 Å². The summed E-state index contributed by atoms with van der Waals surface area (Å²) in [5.41, 5.74) is 2.18. The Bertz CT molecular complexity index is 643. The maximum Gasteiger partial charge on any atom is 0.118 e. The standard InChI is InChI=1S/C17H18O2S2/c1-13-4-10-16(11-5-13)21(18)17(20-3)12-14-6-8-15(19-2)9-7-14/h4-12H,1-3H3/b17-12+. The van der Waals surface area contributed by atoms with Gasteiger partial charge >= 0.3 is 0 Å². The second-order valence-electron chi connectivity index (χ2n) is 4.52. The molecule has 110 valence electrons. The Morgan fingerprint density at radius 2 is 1.71 bits per heavy atom. The molecule has 0 aromatic heterocycles. The fraction of sp³-hybridized carbons (Fsp3) is 0.176. The molecule has 0 saturated heterocycles. The Labute approximate surface area is 132 Å². The summed E-state index contributed by atoms with van der Waals surface area (Å²) in [7, 11) is 0.499. The zero-order chi connectivity index (χ0) is 15.2. The molecule has 0 radical (unpaired) electrons. The van der Waals surface area contributed by atoms with Gasteiger partial charge in [0.1, 0.15) is 5.75 Å². The Hall–Kier alpha value is -1.52. The second-order valence-corrected chi connectivity index (χ2v) is 7.08. The van der Waals surface area contributed by atoms with Crippen LogP contribution in [0.25, 0.3) is 6.08 Å². The van der Waals surface area contributed by atoms with E-state index in [0.29, 0.717) is 0 Å². The van der Waals surface area contributed by atoms with Crippen LogP contribution in [0.1, 0.15) is 11.1 Å². The number of hydrogen-bond donors (Lipinski definition) is 0. The Morgan fingerprint density at radius 3 is 2.24 bits per heavy atom. The van der Waals surface area contributed by atoms with Gasteiger partial charge in [-0.2, -0.15) is 0 Å². The van der Waals surface area contributed by atoms with Crippen molar-refractivity contribution in [3.8, 4) is 5.75 Å². The number of aryl methyl sites for hydroxylation is 1. The van der Waals surface area contributed by atoms with Gasteiger partial charge in [0.05, 0.1) is 22.1 Å². The zero-order valence-electron chi connectivity index (χ0n) is 12.3. The van der Waals surface area contributed by atoms with E-state index in [9.17, 15) is 4.21 Å². The lowest BCUT2D eigenvalue weighted by molar-refractivity contribution is 0.415. The van der Waals surface area contributed by atoms with Gasteiger partial charge in [0.15, 0.2) is 0 Å². The van der Waals surface area contributed by atoms with Crippen LogP contribution in [-0.4, -0.2) is 17.6 Å². The normalized spacial score (nSPS) is 13.0. The molecule has 1 atom stereocenters. The largest absolute Gasteiger partial charge is 0.497 e. The molecule has 0 bridgehead atoms. The summed E-state index contributed by atoms with van der Waals surface area (Å²) in [6.07, 6.45) is 3.90. The van der Waals surface area contributed by atoms with Crippen molar-refractivity contribution in [3.63, 3.8) is 0 Å². The maximum absolute atomic E-state index is 12.6. The first-order valence-electron chi connectivity index (χ1n) is 6.52. The Balaban J connectivity index is 2.26. The highest BCUT2D eigenvalue weighted by Crippen LogP contribution is 2.26. The number of hydrogen-bond acceptors (Lipinski definition) is 3. The molecule has 0 aliphatic carbocycles. The molecule has 0 spiro atoms. The molecule has 0 saturated carbocycles. The van der Waals surface area contributed by atoms with Crippen molar-refractivity contribution in [2.45, 2.75) is 11.8 Å². The van der Waals surface area contributed by atoms with E-state index in [4.69, 9.17) is 4.74 Å². The summed E-state index contributed by atoms with van der Waals surface area (Å²) in [4.78, 5) is 0.828. The van der Waals surface area contributed by atoms with Crippen molar-refractivity contribution in [2.24, 2.45) is 0 Å². The van der Waals surface area contributed by atoms with E-state index >= 15 is 0 Å². The lowest BCUT2D eigenvalue weighted by Gasteiger charge is -2.06. The molecule has 0 aliphatic heterocycles. The van der Waals surface area contributed by atoms with Crippen molar-refractivity contribution < 1.29 is 8.95 Å². The topological polar surface area (TPSA) is 26.3 Å². The quantitative estimate of drug-likeness (QED) is 0.813. The lowest BCUT2D eigenvalue weighted by Crippen LogP contribution is -1.93. The van der Waals surface area contributed by atoms with Gasteiger partial charge in [-0.25, -0.2) is 4.21 Å². The smallest absolute Gasteiger partial charge is 0.118 e. The first-order chi connectivity index (χ1) is 10.1. The summed E-state index contributed by atoms with van der Waals surface area (Å²) in [6, 6.07) is 15.5. The van der Waals surface area contributed by atoms with E-state index < -0.39 is 10.8 Å². The molecule has 0 N–H and O–H groups in total. The highest BCUT2D eigenvalue weighted by atomic mass is 32.2. The van der Waals surface area contributed by atoms with Crippen LogP contribution < -0.4 is 4.74 Å². The van der Waals surface area contributed by atoms with Crippen molar-refractivity contribution in [3.05, 3.63) is 63.9 Å². The Morgan fingerprint density at radius 1 is 1.10 bits per heavy atom. The molecule has 2 nitrogen and oxygen atoms in total. The average Bonchev–Trinajstić information content (AvgIpc) is 2.53. The van der Waals surface area contributed by atoms with E-state index in [-0.39, 0.29) is 0 Å². The minimum Gasteiger partial charge on any atom is -0.497 e. The maximum atomic E-state index is 12.6. The van der Waals surface area contributed by atoms with E-state index in [1.807, 2.05) is 67.8 Å². The van der Waals surface area contributed by atoms with Gasteiger partial charge in [0.2, 0.25) is 0 Å². The van der Waals surface area contributed by atoms with Gasteiger partial charge in [-0.15, -0.1) is 11.8 Å². The van der Waals surface area contributed by atoms with Gasteiger partial charge in [-0.05, 0) is 49.1 Å². The molecule has 2 aromatic rings. The molecule has 1 unspecified atom stereocenters. The van der Waals surface area contributed by atoms with Crippen LogP contribution in [0.5, 0.6) is 5.75 Å². The fourth-order valence-electron chi connectivity index (χ4n) is 1.80. The molecule has 0 aliphatic rings. The van der Waals surface area contributed by atoms with E-state index in [1.165, 1.54) is 17.3 Å². The van der Waals surface area contributed by atoms with E-state index in [1.54, 1.807) is 7.11 Å². The van der Waals surface area contributed by atoms with Crippen molar-refractivity contribution in [1.29, 1.82) is 0 Å². The predicted octanol–water partition coefficient (Wildman–Crippen LogP) is 4.47. The van der Waals surface area contributed by atoms with Gasteiger partial charge in [-0.3, -0.25) is 0 Å². The highest BCUT2D eigenvalue weighted by Gasteiger charge is 2.09. The second kappa shape index (κ2) is 7.48. The van der Waals surface area contributed by atoms with E-state index in [0.717, 1.165) is 20.4 Å². The summed E-state index contributed by atoms with van der Waals surface area (Å²) in [6.45, 7) is 2.02. The molecule has 2 aromatic carbocycles. The molecule has 0 amide bonds. The third-order valence-corrected chi connectivity index (χ3v) is 5.68. The highest BCUT2D eigenvalue weighted by molar-refractivity contribution is 8.16. The van der Waals surface area contributed by atoms with Crippen LogP contribution >= 0.6 is 11.8 Å². The van der Waals surface area contributed by atoms with Crippen LogP contribution in [-0.2, 0) is 10.8 Å². The van der Waals surface area contributed by atoms with Gasteiger partial charge in [0, 0.05) is 4.90 Å². The average molecular weight is 318 g/mol. The summed E-state index contributed by atoms with van der Waals surface area (Å²) in [5.74, 6) is 0.817. The molecule has 4 heteroatoms. The Kier molecular flexibility index (Phi) is 5.65. The monoisotopic (exact) mass is 318 g/mol. The third kappa shape index (κ3) is 4.22. The molecule has 0 heterocycles. The summed E-state index contributed by atoms with van der Waals surface area (Å²) >= 11 is 1.51. The number of rotatable bonds is 5. The van der Waals surface area contributed by atoms with Crippen LogP contribution in [0.4, 0.5) is 0 Å². The minimum absolute atomic E-state index is 0.817.